The summed E-state index contributed by atoms with van der Waals surface area (Å²) in [5.74, 6) is -3.15. The van der Waals surface area contributed by atoms with E-state index < -0.39 is 60.2 Å². The second-order valence-electron chi connectivity index (χ2n) is 26.0. The Morgan fingerprint density at radius 3 is 1.56 bits per heavy atom. The molecule has 0 spiro atoms. The zero-order chi connectivity index (χ0) is 69.2. The minimum Gasteiger partial charge on any atom is -0.379 e. The number of rotatable bonds is 37. The molecule has 11 atom stereocenters. The first kappa shape index (κ1) is 73.8. The molecule has 98 heavy (non-hydrogen) atoms. The number of carbonyl (C=O) groups is 8. The Balaban J connectivity index is 0.639. The Labute approximate surface area is 575 Å². The van der Waals surface area contributed by atoms with E-state index in [0.717, 1.165) is 16.7 Å². The van der Waals surface area contributed by atoms with Crippen molar-refractivity contribution in [2.45, 2.75) is 164 Å². The molecule has 25 heteroatoms. The Kier molecular flexibility index (Phi) is 28.6. The van der Waals surface area contributed by atoms with Crippen molar-refractivity contribution >= 4 is 47.3 Å². The molecule has 0 unspecified atom stereocenters. The van der Waals surface area contributed by atoms with E-state index in [1.807, 2.05) is 103 Å². The van der Waals surface area contributed by atoms with Crippen LogP contribution in [-0.2, 0) is 72.1 Å². The van der Waals surface area contributed by atoms with Crippen LogP contribution in [0.15, 0.2) is 128 Å². The van der Waals surface area contributed by atoms with Crippen molar-refractivity contribution in [1.82, 2.24) is 72.6 Å². The zero-order valence-electron chi connectivity index (χ0n) is 57.0. The minimum absolute atomic E-state index is 0.144. The minimum atomic E-state index is -1.01. The fourth-order valence-corrected chi connectivity index (χ4v) is 13.6. The highest BCUT2D eigenvalue weighted by molar-refractivity contribution is 5.97. The molecule has 4 aromatic carbocycles. The van der Waals surface area contributed by atoms with E-state index in [4.69, 9.17) is 14.2 Å². The van der Waals surface area contributed by atoms with Crippen molar-refractivity contribution in [1.29, 1.82) is 0 Å². The summed E-state index contributed by atoms with van der Waals surface area (Å²) in [7, 11) is 3.36. The second kappa shape index (κ2) is 38.0. The second-order valence-corrected chi connectivity index (χ2v) is 26.0. The normalized spacial score (nSPS) is 21.6. The number of ether oxygens (including phenoxy) is 3. The summed E-state index contributed by atoms with van der Waals surface area (Å²) >= 11 is 0. The summed E-state index contributed by atoms with van der Waals surface area (Å²) in [5, 5.41) is 36.2. The highest BCUT2D eigenvalue weighted by Crippen LogP contribution is 2.37. The van der Waals surface area contributed by atoms with Crippen molar-refractivity contribution in [2.75, 3.05) is 73.4 Å². The summed E-state index contributed by atoms with van der Waals surface area (Å²) in [6.45, 7) is 7.90. The van der Waals surface area contributed by atoms with Crippen LogP contribution in [0.3, 0.4) is 0 Å². The molecule has 528 valence electrons. The van der Waals surface area contributed by atoms with Crippen LogP contribution in [0, 0.1) is 11.8 Å². The molecule has 4 aliphatic rings. The fourth-order valence-electron chi connectivity index (χ4n) is 13.6. The van der Waals surface area contributed by atoms with E-state index in [9.17, 15) is 38.4 Å². The average molecular weight is 1350 g/mol. The van der Waals surface area contributed by atoms with E-state index in [-0.39, 0.29) is 72.3 Å². The summed E-state index contributed by atoms with van der Waals surface area (Å²) in [5.41, 5.74) is 4.21. The number of nitrogens with zero attached hydrogens (tertiary/aromatic N) is 5. The number of carbonyl (C=O) groups excluding carboxylic acids is 8. The van der Waals surface area contributed by atoms with Gasteiger partial charge in [-0.05, 0) is 114 Å². The summed E-state index contributed by atoms with van der Waals surface area (Å²) < 4.78 is 19.0. The fraction of sp³-hybridized carbons (Fsp3) is 0.534. The van der Waals surface area contributed by atoms with Gasteiger partial charge in [-0.25, -0.2) is 0 Å². The lowest BCUT2D eigenvalue weighted by Gasteiger charge is -2.33. The predicted octanol–water partition coefficient (Wildman–Crippen LogP) is 3.55. The Bertz CT molecular complexity index is 3310. The van der Waals surface area contributed by atoms with Crippen LogP contribution in [-0.4, -0.2) is 194 Å². The van der Waals surface area contributed by atoms with Crippen LogP contribution in [0.5, 0.6) is 0 Å². The standard InChI is InChI=1S/C73H100N14O11/c1-49(74-3)67(89)81-65-55(46-76-45-51-19-9-5-10-20-51)27-30-58-33-35-61(87(58)72(65)94)70(92)80-64(54-25-15-8-16-26-54)71(93)77-37-17-39-96-41-43-98-44-42-97-40-18-38-85-48-57(83-84-85)29-36-62(88)78-47-56-28-31-59-32-34-60(86(59)73(95)66(56)82-68(90)50(2)75-4)69(91)79-63(52-21-11-6-12-22-52)53-23-13-7-14-24-53/h5-16,19-26,48-50,55-56,58-61,63-66,74-76H,17-18,27-47H2,1-4H3,(H,77,93)(H,78,88)(H,79,91)(H,80,92)(H,81,89)(H,82,90)/t49-,50-,55+,56+,58-,59-,60-,61-,64-,65-,66-/m0/s1. The number of nitrogens with one attached hydrogen (secondary N) is 9. The third kappa shape index (κ3) is 20.8. The van der Waals surface area contributed by atoms with E-state index in [1.165, 1.54) is 0 Å². The third-order valence-electron chi connectivity index (χ3n) is 19.3. The SMILES string of the molecule is CN[C@@H](C)C(=O)N[C@@H]1C(=O)N2[C@@H](CC[C@@H]1CNC(=O)CCc1cn(CCCOCCOCCOCCCNC(=O)[C@@H](NC(=O)[C@@H]3CC[C@@H]4CC[C@H](CNCc5ccccc5)[C@H](NC(=O)[C@H](C)NC)C(=O)N43)c3ccccc3)nn1)CC[C@H]2C(=O)NC(c1ccccc1)c1ccccc1. The lowest BCUT2D eigenvalue weighted by Crippen LogP contribution is -2.59. The van der Waals surface area contributed by atoms with Gasteiger partial charge in [0.05, 0.1) is 50.2 Å². The smallest absolute Gasteiger partial charge is 0.247 e. The van der Waals surface area contributed by atoms with Gasteiger partial charge in [0.2, 0.25) is 47.3 Å². The van der Waals surface area contributed by atoms with Crippen LogP contribution >= 0.6 is 0 Å². The van der Waals surface area contributed by atoms with Gasteiger partial charge in [-0.2, -0.15) is 0 Å². The van der Waals surface area contributed by atoms with Gasteiger partial charge in [-0.1, -0.05) is 127 Å². The van der Waals surface area contributed by atoms with Gasteiger partial charge in [-0.15, -0.1) is 5.10 Å². The third-order valence-corrected chi connectivity index (χ3v) is 19.3. The van der Waals surface area contributed by atoms with Gasteiger partial charge < -0.3 is 71.9 Å². The van der Waals surface area contributed by atoms with E-state index in [1.54, 1.807) is 66.7 Å². The number of amides is 8. The molecular weight excluding hydrogens is 1250 g/mol. The van der Waals surface area contributed by atoms with Gasteiger partial charge >= 0.3 is 0 Å². The quantitative estimate of drug-likeness (QED) is 0.0257. The van der Waals surface area contributed by atoms with Gasteiger partial charge in [0.1, 0.15) is 30.2 Å². The van der Waals surface area contributed by atoms with E-state index >= 15 is 0 Å². The monoisotopic (exact) mass is 1350 g/mol. The molecule has 9 rings (SSSR count). The zero-order valence-corrected chi connectivity index (χ0v) is 57.0. The highest BCUT2D eigenvalue weighted by Gasteiger charge is 2.50. The first-order valence-corrected chi connectivity index (χ1v) is 35.0. The number of fused-ring (bicyclic) bond motifs is 2. The largest absolute Gasteiger partial charge is 0.379 e. The van der Waals surface area contributed by atoms with E-state index in [2.05, 4.69) is 58.2 Å². The lowest BCUT2D eigenvalue weighted by atomic mass is 9.92. The summed E-state index contributed by atoms with van der Waals surface area (Å²) in [6.07, 6.45) is 8.25. The van der Waals surface area contributed by atoms with Crippen molar-refractivity contribution < 1.29 is 52.6 Å². The van der Waals surface area contributed by atoms with Crippen molar-refractivity contribution in [2.24, 2.45) is 11.8 Å². The molecule has 4 aliphatic heterocycles. The molecule has 0 aliphatic carbocycles. The van der Waals surface area contributed by atoms with E-state index in [0.29, 0.717) is 148 Å². The topological polar surface area (TPSA) is 310 Å². The maximum atomic E-state index is 14.7. The first-order chi connectivity index (χ1) is 47.7. The van der Waals surface area contributed by atoms with Gasteiger partial charge in [-0.3, -0.25) is 43.0 Å². The molecule has 1 aromatic heterocycles. The van der Waals surface area contributed by atoms with Crippen LogP contribution in [0.2, 0.25) is 0 Å². The van der Waals surface area contributed by atoms with Crippen molar-refractivity contribution in [3.05, 3.63) is 155 Å². The molecule has 0 radical (unpaired) electrons. The number of benzene rings is 4. The number of hydrogen-bond donors (Lipinski definition) is 9. The summed E-state index contributed by atoms with van der Waals surface area (Å²) in [4.78, 5) is 115. The number of aromatic nitrogens is 3. The molecule has 4 saturated heterocycles. The van der Waals surface area contributed by atoms with Gasteiger partial charge in [0.15, 0.2) is 0 Å². The number of hydrogen-bond acceptors (Lipinski definition) is 16. The van der Waals surface area contributed by atoms with Crippen LogP contribution in [0.25, 0.3) is 0 Å². The van der Waals surface area contributed by atoms with Crippen LogP contribution in [0.1, 0.15) is 125 Å². The van der Waals surface area contributed by atoms with Gasteiger partial charge in [0, 0.05) is 88.9 Å². The molecule has 9 N–H and O–H groups in total. The van der Waals surface area contributed by atoms with Crippen LogP contribution < -0.4 is 47.9 Å². The molecule has 0 bridgehead atoms. The molecule has 5 heterocycles. The van der Waals surface area contributed by atoms with Gasteiger partial charge in [0.25, 0.3) is 0 Å². The average Bonchev–Trinajstić information content (AvgIpc) is 1.63. The Morgan fingerprint density at radius 2 is 1.02 bits per heavy atom. The number of aryl methyl sites for hydroxylation is 2. The maximum Gasteiger partial charge on any atom is 0.247 e. The predicted molar refractivity (Wildman–Crippen MR) is 368 cm³/mol. The van der Waals surface area contributed by atoms with Crippen LogP contribution in [0.4, 0.5) is 0 Å². The Morgan fingerprint density at radius 1 is 0.541 bits per heavy atom. The molecular formula is C73H100N14O11. The van der Waals surface area contributed by atoms with Crippen molar-refractivity contribution in [3.63, 3.8) is 0 Å². The maximum absolute atomic E-state index is 14.7. The highest BCUT2D eigenvalue weighted by atomic mass is 16.5. The Hall–Kier alpha value is -8.46. The van der Waals surface area contributed by atoms with Crippen molar-refractivity contribution in [3.8, 4) is 0 Å². The number of likely N-dealkylation sites (N-methyl/N-ethyl adjacent to an activating group) is 2. The first-order valence-electron chi connectivity index (χ1n) is 35.0. The lowest BCUT2D eigenvalue weighted by molar-refractivity contribution is -0.144. The summed E-state index contributed by atoms with van der Waals surface area (Å²) in [6, 6.07) is 32.2. The molecule has 8 amide bonds. The molecule has 5 aromatic rings. The molecule has 25 nitrogen and oxygen atoms in total. The molecule has 4 fully saturated rings. The molecule has 0 saturated carbocycles.